The molecule has 4 heteroatoms. The molecule has 1 rings (SSSR count). The number of carboxylic acids is 1. The predicted molar refractivity (Wildman–Crippen MR) is 52.7 cm³/mol. The largest absolute Gasteiger partial charge is 0.477 e. The molecular formula is C10H6ClNO2. The molecule has 1 aromatic carbocycles. The van der Waals surface area contributed by atoms with Gasteiger partial charge in [-0.3, -0.25) is 0 Å². The summed E-state index contributed by atoms with van der Waals surface area (Å²) in [5, 5.41) is 17.5. The van der Waals surface area contributed by atoms with Gasteiger partial charge in [0.15, 0.2) is 0 Å². The number of carboxylic acid groups (broad SMARTS) is 1. The van der Waals surface area contributed by atoms with Crippen LogP contribution in [0.15, 0.2) is 29.8 Å². The zero-order chi connectivity index (χ0) is 10.6. The Balaban J connectivity index is 3.15. The summed E-state index contributed by atoms with van der Waals surface area (Å²) in [5.74, 6) is -1.26. The third-order valence-corrected chi connectivity index (χ3v) is 1.90. The number of hydrogen-bond acceptors (Lipinski definition) is 2. The lowest BCUT2D eigenvalue weighted by atomic mass is 10.1. The number of nitrogens with zero attached hydrogens (tertiary/aromatic N) is 1. The molecule has 14 heavy (non-hydrogen) atoms. The van der Waals surface area contributed by atoms with E-state index in [-0.39, 0.29) is 5.57 Å². The molecule has 0 heterocycles. The van der Waals surface area contributed by atoms with Gasteiger partial charge in [-0.05, 0) is 17.7 Å². The lowest BCUT2D eigenvalue weighted by Crippen LogP contribution is -1.97. The first-order valence-corrected chi connectivity index (χ1v) is 4.12. The molecule has 0 saturated heterocycles. The van der Waals surface area contributed by atoms with Crippen molar-refractivity contribution in [1.29, 1.82) is 5.26 Å². The minimum atomic E-state index is -1.26. The number of halogens is 1. The molecule has 0 fully saturated rings. The van der Waals surface area contributed by atoms with Crippen LogP contribution in [0.5, 0.6) is 0 Å². The highest BCUT2D eigenvalue weighted by Crippen LogP contribution is 2.17. The van der Waals surface area contributed by atoms with E-state index in [1.54, 1.807) is 30.3 Å². The first-order valence-electron chi connectivity index (χ1n) is 3.75. The standard InChI is InChI=1S/C10H6ClNO2/c11-9-4-2-1-3-7(9)5-8(6-12)10(13)14/h1-5H,(H,13,14)/b8-5-. The lowest BCUT2D eigenvalue weighted by Gasteiger charge is -1.96. The van der Waals surface area contributed by atoms with Gasteiger partial charge in [0.25, 0.3) is 0 Å². The smallest absolute Gasteiger partial charge is 0.346 e. The van der Waals surface area contributed by atoms with Gasteiger partial charge in [-0.2, -0.15) is 5.26 Å². The SMILES string of the molecule is N#C/C(=C/c1ccccc1Cl)C(=O)O. The summed E-state index contributed by atoms with van der Waals surface area (Å²) in [6.07, 6.45) is 1.24. The third-order valence-electron chi connectivity index (χ3n) is 1.56. The van der Waals surface area contributed by atoms with Crippen LogP contribution < -0.4 is 0 Å². The second-order valence-corrected chi connectivity index (χ2v) is 2.90. The Morgan fingerprint density at radius 1 is 1.50 bits per heavy atom. The van der Waals surface area contributed by atoms with Crippen LogP contribution in [-0.2, 0) is 4.79 Å². The molecule has 0 amide bonds. The molecule has 0 saturated carbocycles. The van der Waals surface area contributed by atoms with Gasteiger partial charge in [0.2, 0.25) is 0 Å². The molecule has 1 N–H and O–H groups in total. The van der Waals surface area contributed by atoms with Gasteiger partial charge in [0, 0.05) is 5.02 Å². The van der Waals surface area contributed by atoms with Gasteiger partial charge in [-0.15, -0.1) is 0 Å². The molecule has 0 bridgehead atoms. The van der Waals surface area contributed by atoms with Crippen LogP contribution in [0.25, 0.3) is 6.08 Å². The number of hydrogen-bond donors (Lipinski definition) is 1. The Morgan fingerprint density at radius 3 is 2.64 bits per heavy atom. The van der Waals surface area contributed by atoms with Crippen LogP contribution in [0.2, 0.25) is 5.02 Å². The Morgan fingerprint density at radius 2 is 2.14 bits per heavy atom. The molecule has 0 aliphatic rings. The quantitative estimate of drug-likeness (QED) is 0.598. The molecule has 3 nitrogen and oxygen atoms in total. The number of benzene rings is 1. The fourth-order valence-corrected chi connectivity index (χ4v) is 1.08. The number of carbonyl (C=O) groups is 1. The fraction of sp³-hybridized carbons (Fsp3) is 0. The van der Waals surface area contributed by atoms with Crippen LogP contribution in [0.4, 0.5) is 0 Å². The molecule has 0 radical (unpaired) electrons. The summed E-state index contributed by atoms with van der Waals surface area (Å²) in [7, 11) is 0. The minimum absolute atomic E-state index is 0.335. The molecule has 0 aromatic heterocycles. The highest BCUT2D eigenvalue weighted by Gasteiger charge is 2.06. The van der Waals surface area contributed by atoms with Crippen molar-refractivity contribution in [3.8, 4) is 6.07 Å². The third kappa shape index (κ3) is 2.35. The Hall–Kier alpha value is -1.79. The van der Waals surface area contributed by atoms with Crippen LogP contribution in [0, 0.1) is 11.3 Å². The Bertz CT molecular complexity index is 432. The van der Waals surface area contributed by atoms with Crippen molar-refractivity contribution in [2.75, 3.05) is 0 Å². The number of rotatable bonds is 2. The van der Waals surface area contributed by atoms with E-state index in [1.165, 1.54) is 6.08 Å². The lowest BCUT2D eigenvalue weighted by molar-refractivity contribution is -0.132. The second kappa shape index (κ2) is 4.45. The second-order valence-electron chi connectivity index (χ2n) is 2.50. The van der Waals surface area contributed by atoms with Gasteiger partial charge >= 0.3 is 5.97 Å². The highest BCUT2D eigenvalue weighted by molar-refractivity contribution is 6.32. The monoisotopic (exact) mass is 207 g/mol. The maximum Gasteiger partial charge on any atom is 0.346 e. The van der Waals surface area contributed by atoms with Crippen molar-refractivity contribution in [2.24, 2.45) is 0 Å². The zero-order valence-corrected chi connectivity index (χ0v) is 7.82. The molecule has 0 atom stereocenters. The van der Waals surface area contributed by atoms with E-state index in [2.05, 4.69) is 0 Å². The summed E-state index contributed by atoms with van der Waals surface area (Å²) in [4.78, 5) is 10.5. The van der Waals surface area contributed by atoms with Crippen molar-refractivity contribution in [2.45, 2.75) is 0 Å². The van der Waals surface area contributed by atoms with Crippen LogP contribution in [0.1, 0.15) is 5.56 Å². The molecule has 0 unspecified atom stereocenters. The molecule has 70 valence electrons. The maximum absolute atomic E-state index is 10.5. The average molecular weight is 208 g/mol. The van der Waals surface area contributed by atoms with Crippen molar-refractivity contribution >= 4 is 23.6 Å². The van der Waals surface area contributed by atoms with Gasteiger partial charge < -0.3 is 5.11 Å². The first kappa shape index (κ1) is 10.3. The topological polar surface area (TPSA) is 61.1 Å². The van der Waals surface area contributed by atoms with Gasteiger partial charge in [-0.1, -0.05) is 29.8 Å². The van der Waals surface area contributed by atoms with Gasteiger partial charge in [0.05, 0.1) is 0 Å². The van der Waals surface area contributed by atoms with Gasteiger partial charge in [0.1, 0.15) is 11.6 Å². The van der Waals surface area contributed by atoms with Crippen molar-refractivity contribution < 1.29 is 9.90 Å². The van der Waals surface area contributed by atoms with E-state index < -0.39 is 5.97 Å². The van der Waals surface area contributed by atoms with E-state index in [4.69, 9.17) is 22.0 Å². The molecule has 0 spiro atoms. The first-order chi connectivity index (χ1) is 6.65. The average Bonchev–Trinajstić information content (AvgIpc) is 2.16. The number of nitriles is 1. The highest BCUT2D eigenvalue weighted by atomic mass is 35.5. The summed E-state index contributed by atoms with van der Waals surface area (Å²) in [5.41, 5.74) is 0.186. The minimum Gasteiger partial charge on any atom is -0.477 e. The van der Waals surface area contributed by atoms with Crippen LogP contribution in [-0.4, -0.2) is 11.1 Å². The van der Waals surface area contributed by atoms with E-state index in [1.807, 2.05) is 0 Å². The Labute approximate surface area is 85.9 Å². The van der Waals surface area contributed by atoms with Crippen LogP contribution >= 0.6 is 11.6 Å². The molecule has 1 aromatic rings. The Kier molecular flexibility index (Phi) is 3.27. The maximum atomic E-state index is 10.5. The van der Waals surface area contributed by atoms with E-state index in [0.29, 0.717) is 10.6 Å². The van der Waals surface area contributed by atoms with Crippen molar-refractivity contribution in [3.05, 3.63) is 40.4 Å². The van der Waals surface area contributed by atoms with E-state index >= 15 is 0 Å². The molecule has 0 aliphatic heterocycles. The molecular weight excluding hydrogens is 202 g/mol. The summed E-state index contributed by atoms with van der Waals surface area (Å²) < 4.78 is 0. The summed E-state index contributed by atoms with van der Waals surface area (Å²) in [6, 6.07) is 8.30. The van der Waals surface area contributed by atoms with E-state index in [9.17, 15) is 4.79 Å². The predicted octanol–water partition coefficient (Wildman–Crippen LogP) is 2.33. The van der Waals surface area contributed by atoms with Crippen molar-refractivity contribution in [1.82, 2.24) is 0 Å². The van der Waals surface area contributed by atoms with Crippen LogP contribution in [0.3, 0.4) is 0 Å². The normalized spacial score (nSPS) is 10.7. The molecule has 0 aliphatic carbocycles. The van der Waals surface area contributed by atoms with Gasteiger partial charge in [-0.25, -0.2) is 4.79 Å². The summed E-state index contributed by atoms with van der Waals surface area (Å²) in [6.45, 7) is 0. The zero-order valence-electron chi connectivity index (χ0n) is 7.07. The summed E-state index contributed by atoms with van der Waals surface area (Å²) >= 11 is 5.78. The number of aliphatic carboxylic acids is 1. The van der Waals surface area contributed by atoms with E-state index in [0.717, 1.165) is 0 Å². The fourth-order valence-electron chi connectivity index (χ4n) is 0.889. The van der Waals surface area contributed by atoms with Crippen molar-refractivity contribution in [3.63, 3.8) is 0 Å².